The minimum atomic E-state index is -0.798. The Morgan fingerprint density at radius 1 is 1.18 bits per heavy atom. The number of nitrogens with two attached hydrogens (primary N) is 1. The van der Waals surface area contributed by atoms with Crippen LogP contribution in [0.3, 0.4) is 0 Å². The fourth-order valence-corrected chi connectivity index (χ4v) is 4.33. The molecule has 8 nitrogen and oxygen atoms in total. The van der Waals surface area contributed by atoms with Crippen LogP contribution >= 0.6 is 22.7 Å². The molecule has 3 aromatic rings. The van der Waals surface area contributed by atoms with Crippen LogP contribution in [-0.4, -0.2) is 39.2 Å². The number of thiophene rings is 2. The quantitative estimate of drug-likeness (QED) is 0.644. The Morgan fingerprint density at radius 3 is 2.68 bits per heavy atom. The predicted molar refractivity (Wildman–Crippen MR) is 106 cm³/mol. The van der Waals surface area contributed by atoms with E-state index in [9.17, 15) is 9.59 Å². The van der Waals surface area contributed by atoms with Crippen LogP contribution in [0.15, 0.2) is 52.5 Å². The predicted octanol–water partition coefficient (Wildman–Crippen LogP) is 2.72. The Balaban J connectivity index is 1.50. The summed E-state index contributed by atoms with van der Waals surface area (Å²) in [6.07, 6.45) is 3.31. The number of hydrazone groups is 1. The number of hydrogen-bond donors (Lipinski definition) is 1. The fourth-order valence-electron chi connectivity index (χ4n) is 2.80. The van der Waals surface area contributed by atoms with E-state index in [0.29, 0.717) is 6.42 Å². The van der Waals surface area contributed by atoms with Gasteiger partial charge in [-0.15, -0.1) is 22.7 Å². The zero-order valence-corrected chi connectivity index (χ0v) is 16.2. The second-order valence-corrected chi connectivity index (χ2v) is 7.79. The van der Waals surface area contributed by atoms with Gasteiger partial charge in [0, 0.05) is 23.7 Å². The number of amides is 1. The highest BCUT2D eigenvalue weighted by Crippen LogP contribution is 2.35. The van der Waals surface area contributed by atoms with E-state index in [0.717, 1.165) is 15.5 Å². The Labute approximate surface area is 168 Å². The topological polar surface area (TPSA) is 111 Å². The van der Waals surface area contributed by atoms with Gasteiger partial charge in [0.05, 0.1) is 16.6 Å². The van der Waals surface area contributed by atoms with Crippen molar-refractivity contribution in [1.29, 1.82) is 0 Å². The minimum absolute atomic E-state index is 0.0458. The molecule has 0 spiro atoms. The first kappa shape index (κ1) is 18.3. The molecule has 0 aromatic carbocycles. The molecule has 142 valence electrons. The first-order valence-corrected chi connectivity index (χ1v) is 10.1. The molecule has 0 saturated heterocycles. The van der Waals surface area contributed by atoms with E-state index in [4.69, 9.17) is 10.5 Å². The minimum Gasteiger partial charge on any atom is -0.451 e. The van der Waals surface area contributed by atoms with Crippen LogP contribution in [0.2, 0.25) is 0 Å². The second kappa shape index (κ2) is 7.87. The summed E-state index contributed by atoms with van der Waals surface area (Å²) in [7, 11) is 0. The molecule has 1 unspecified atom stereocenters. The molecule has 0 bridgehead atoms. The maximum atomic E-state index is 12.8. The Morgan fingerprint density at radius 2 is 1.96 bits per heavy atom. The van der Waals surface area contributed by atoms with Crippen LogP contribution in [0, 0.1) is 0 Å². The SMILES string of the molecule is Nc1nccnc1C(=O)OCC(=O)N1N=C(c2cccs2)CC1c1cccs1. The molecule has 0 saturated carbocycles. The number of carbonyl (C=O) groups excluding carboxylic acids is 2. The lowest BCUT2D eigenvalue weighted by molar-refractivity contribution is -0.136. The van der Waals surface area contributed by atoms with Gasteiger partial charge in [0.2, 0.25) is 0 Å². The third kappa shape index (κ3) is 3.64. The summed E-state index contributed by atoms with van der Waals surface area (Å²) < 4.78 is 5.10. The van der Waals surface area contributed by atoms with Gasteiger partial charge in [-0.1, -0.05) is 12.1 Å². The average Bonchev–Trinajstić information content (AvgIpc) is 3.46. The lowest BCUT2D eigenvalue weighted by atomic mass is 10.1. The highest BCUT2D eigenvalue weighted by Gasteiger charge is 2.34. The van der Waals surface area contributed by atoms with Crippen molar-refractivity contribution in [1.82, 2.24) is 15.0 Å². The smallest absolute Gasteiger partial charge is 0.361 e. The summed E-state index contributed by atoms with van der Waals surface area (Å²) >= 11 is 3.13. The van der Waals surface area contributed by atoms with Crippen LogP contribution in [0.4, 0.5) is 5.82 Å². The third-order valence-corrected chi connectivity index (χ3v) is 5.98. The lowest BCUT2D eigenvalue weighted by Crippen LogP contribution is -2.31. The van der Waals surface area contributed by atoms with Crippen molar-refractivity contribution >= 4 is 46.1 Å². The van der Waals surface area contributed by atoms with Crippen molar-refractivity contribution in [2.75, 3.05) is 12.3 Å². The second-order valence-electron chi connectivity index (χ2n) is 5.86. The molecule has 1 amide bonds. The van der Waals surface area contributed by atoms with E-state index in [1.807, 2.05) is 35.0 Å². The molecule has 4 rings (SSSR count). The number of nitrogens with zero attached hydrogens (tertiary/aromatic N) is 4. The molecular weight excluding hydrogens is 398 g/mol. The van der Waals surface area contributed by atoms with Gasteiger partial charge in [0.1, 0.15) is 0 Å². The van der Waals surface area contributed by atoms with Gasteiger partial charge < -0.3 is 10.5 Å². The van der Waals surface area contributed by atoms with Crippen LogP contribution < -0.4 is 5.73 Å². The normalized spacial score (nSPS) is 16.1. The molecule has 2 N–H and O–H groups in total. The largest absolute Gasteiger partial charge is 0.451 e. The van der Waals surface area contributed by atoms with Crippen LogP contribution in [0.1, 0.15) is 32.7 Å². The van der Waals surface area contributed by atoms with Crippen LogP contribution in [0.5, 0.6) is 0 Å². The molecule has 1 aliphatic rings. The molecule has 0 aliphatic carbocycles. The molecule has 0 radical (unpaired) electrons. The van der Waals surface area contributed by atoms with Crippen molar-refractivity contribution in [3.8, 4) is 0 Å². The Hall–Kier alpha value is -3.11. The molecule has 3 aromatic heterocycles. The highest BCUT2D eigenvalue weighted by atomic mass is 32.1. The van der Waals surface area contributed by atoms with Gasteiger partial charge >= 0.3 is 5.97 Å². The van der Waals surface area contributed by atoms with Crippen molar-refractivity contribution in [3.05, 3.63) is 62.9 Å². The lowest BCUT2D eigenvalue weighted by Gasteiger charge is -2.20. The van der Waals surface area contributed by atoms with Crippen LogP contribution in [-0.2, 0) is 9.53 Å². The molecule has 10 heteroatoms. The maximum Gasteiger partial charge on any atom is 0.361 e. The van der Waals surface area contributed by atoms with Gasteiger partial charge in [0.25, 0.3) is 5.91 Å². The van der Waals surface area contributed by atoms with E-state index in [1.54, 1.807) is 22.7 Å². The summed E-state index contributed by atoms with van der Waals surface area (Å²) in [6, 6.07) is 7.60. The standard InChI is InChI=1S/C18H15N5O3S2/c19-17-16(20-5-6-21-17)18(25)26-10-15(24)23-12(14-4-2-8-28-14)9-11(22-23)13-3-1-7-27-13/h1-8,12H,9-10H2,(H2,19,21). The number of anilines is 1. The average molecular weight is 413 g/mol. The number of rotatable bonds is 5. The zero-order chi connectivity index (χ0) is 19.5. The number of ether oxygens (including phenoxy) is 1. The molecular formula is C18H15N5O3S2. The van der Waals surface area contributed by atoms with Gasteiger partial charge in [-0.05, 0) is 22.9 Å². The number of esters is 1. The summed E-state index contributed by atoms with van der Waals surface area (Å²) in [4.78, 5) is 34.6. The molecule has 4 heterocycles. The van der Waals surface area contributed by atoms with Gasteiger partial charge in [0.15, 0.2) is 18.1 Å². The van der Waals surface area contributed by atoms with Crippen molar-refractivity contribution in [2.24, 2.45) is 5.10 Å². The van der Waals surface area contributed by atoms with Crippen LogP contribution in [0.25, 0.3) is 0 Å². The third-order valence-electron chi connectivity index (χ3n) is 4.09. The van der Waals surface area contributed by atoms with E-state index in [-0.39, 0.29) is 17.6 Å². The van der Waals surface area contributed by atoms with Crippen molar-refractivity contribution < 1.29 is 14.3 Å². The van der Waals surface area contributed by atoms with Gasteiger partial charge in [-0.3, -0.25) is 4.79 Å². The van der Waals surface area contributed by atoms with E-state index < -0.39 is 18.5 Å². The summed E-state index contributed by atoms with van der Waals surface area (Å²) in [5.74, 6) is -1.26. The first-order valence-electron chi connectivity index (χ1n) is 8.34. The monoisotopic (exact) mass is 413 g/mol. The molecule has 28 heavy (non-hydrogen) atoms. The van der Waals surface area contributed by atoms with E-state index >= 15 is 0 Å². The van der Waals surface area contributed by atoms with E-state index in [1.165, 1.54) is 17.4 Å². The molecule has 1 aliphatic heterocycles. The summed E-state index contributed by atoms with van der Waals surface area (Å²) in [5.41, 5.74) is 6.34. The summed E-state index contributed by atoms with van der Waals surface area (Å²) in [5, 5.41) is 9.83. The van der Waals surface area contributed by atoms with Crippen molar-refractivity contribution in [2.45, 2.75) is 12.5 Å². The Kier molecular flexibility index (Phi) is 5.13. The van der Waals surface area contributed by atoms with Crippen molar-refractivity contribution in [3.63, 3.8) is 0 Å². The molecule has 1 atom stereocenters. The van der Waals surface area contributed by atoms with Gasteiger partial charge in [-0.25, -0.2) is 19.8 Å². The number of carbonyl (C=O) groups is 2. The first-order chi connectivity index (χ1) is 13.6. The van der Waals surface area contributed by atoms with E-state index in [2.05, 4.69) is 15.1 Å². The fraction of sp³-hybridized carbons (Fsp3) is 0.167. The highest BCUT2D eigenvalue weighted by molar-refractivity contribution is 7.12. The number of aromatic nitrogens is 2. The maximum absolute atomic E-state index is 12.8. The number of nitrogen functional groups attached to an aromatic ring is 1. The zero-order valence-electron chi connectivity index (χ0n) is 14.5. The Bertz CT molecular complexity index is 1020. The van der Waals surface area contributed by atoms with Gasteiger partial charge in [-0.2, -0.15) is 5.10 Å². The number of hydrogen-bond acceptors (Lipinski definition) is 9. The molecule has 0 fully saturated rings. The summed E-state index contributed by atoms with van der Waals surface area (Å²) in [6.45, 7) is -0.460.